The molecule has 1 saturated heterocycles. The van der Waals surface area contributed by atoms with Gasteiger partial charge in [0.15, 0.2) is 0 Å². The number of likely N-dealkylation sites (tertiary alicyclic amines) is 1. The number of rotatable bonds is 5. The molecule has 4 rings (SSSR count). The minimum atomic E-state index is -0.735. The molecule has 1 aromatic heterocycles. The van der Waals surface area contributed by atoms with Crippen molar-refractivity contribution in [2.75, 3.05) is 13.7 Å². The summed E-state index contributed by atoms with van der Waals surface area (Å²) in [5, 5.41) is 15.2. The minimum Gasteiger partial charge on any atom is -0.497 e. The van der Waals surface area contributed by atoms with Crippen LogP contribution in [0, 0.1) is 0 Å². The molecule has 0 radical (unpaired) electrons. The number of aliphatic hydroxyl groups excluding tert-OH is 1. The molecular weight excluding hydrogens is 354 g/mol. The van der Waals surface area contributed by atoms with Crippen molar-refractivity contribution in [2.45, 2.75) is 25.0 Å². The van der Waals surface area contributed by atoms with E-state index >= 15 is 0 Å². The van der Waals surface area contributed by atoms with Gasteiger partial charge in [0.05, 0.1) is 36.7 Å². The first-order chi connectivity index (χ1) is 13.7. The molecule has 0 aliphatic carbocycles. The van der Waals surface area contributed by atoms with Gasteiger partial charge in [0.1, 0.15) is 5.75 Å². The summed E-state index contributed by atoms with van der Waals surface area (Å²) >= 11 is 0. The first-order valence-corrected chi connectivity index (χ1v) is 9.40. The number of methoxy groups -OCH3 is 1. The molecule has 0 spiro atoms. The number of nitrogens with zero attached hydrogens (tertiary/aromatic N) is 3. The Morgan fingerprint density at radius 1 is 1.18 bits per heavy atom. The predicted molar refractivity (Wildman–Crippen MR) is 106 cm³/mol. The third-order valence-corrected chi connectivity index (χ3v) is 5.23. The number of aliphatic hydroxyl groups is 1. The third-order valence-electron chi connectivity index (χ3n) is 5.23. The standard InChI is InChI=1S/C22H23N3O3/c1-28-19-11-9-16(10-12-19)21(26)20-8-5-13-24(20)22(27)17-14-23-25(15-17)18-6-3-2-4-7-18/h2-4,6-7,9-12,14-15,20-21,26H,5,8,13H2,1H3/t20-,21-/m1/s1. The summed E-state index contributed by atoms with van der Waals surface area (Å²) in [5.41, 5.74) is 2.21. The summed E-state index contributed by atoms with van der Waals surface area (Å²) in [7, 11) is 1.61. The van der Waals surface area contributed by atoms with Crippen LogP contribution in [-0.2, 0) is 0 Å². The number of carbonyl (C=O) groups excluding carboxylic acids is 1. The first-order valence-electron chi connectivity index (χ1n) is 9.40. The van der Waals surface area contributed by atoms with Gasteiger partial charge in [-0.3, -0.25) is 4.79 Å². The van der Waals surface area contributed by atoms with E-state index in [2.05, 4.69) is 5.10 Å². The van der Waals surface area contributed by atoms with Crippen LogP contribution in [0.4, 0.5) is 0 Å². The van der Waals surface area contributed by atoms with Crippen LogP contribution in [0.25, 0.3) is 5.69 Å². The Bertz CT molecular complexity index is 937. The zero-order valence-electron chi connectivity index (χ0n) is 15.7. The van der Waals surface area contributed by atoms with Gasteiger partial charge >= 0.3 is 0 Å². The number of para-hydroxylation sites is 1. The fourth-order valence-corrected chi connectivity index (χ4v) is 3.72. The van der Waals surface area contributed by atoms with Gasteiger partial charge in [-0.05, 0) is 42.7 Å². The highest BCUT2D eigenvalue weighted by Gasteiger charge is 2.35. The second-order valence-corrected chi connectivity index (χ2v) is 6.94. The lowest BCUT2D eigenvalue weighted by atomic mass is 10.00. The number of hydrogen-bond acceptors (Lipinski definition) is 4. The average molecular weight is 377 g/mol. The quantitative estimate of drug-likeness (QED) is 0.741. The summed E-state index contributed by atoms with van der Waals surface area (Å²) in [6, 6.07) is 16.8. The van der Waals surface area contributed by atoms with Crippen LogP contribution < -0.4 is 4.74 Å². The Morgan fingerprint density at radius 3 is 2.64 bits per heavy atom. The average Bonchev–Trinajstić information content (AvgIpc) is 3.43. The predicted octanol–water partition coefficient (Wildman–Crippen LogP) is 3.22. The van der Waals surface area contributed by atoms with Crippen molar-refractivity contribution in [3.05, 3.63) is 78.1 Å². The molecule has 2 atom stereocenters. The smallest absolute Gasteiger partial charge is 0.257 e. The van der Waals surface area contributed by atoms with Crippen LogP contribution in [0.15, 0.2) is 67.0 Å². The molecule has 3 aromatic rings. The topological polar surface area (TPSA) is 67.6 Å². The number of ether oxygens (including phenoxy) is 1. The number of hydrogen-bond donors (Lipinski definition) is 1. The van der Waals surface area contributed by atoms with Gasteiger partial charge in [-0.25, -0.2) is 4.68 Å². The van der Waals surface area contributed by atoms with E-state index in [9.17, 15) is 9.90 Å². The molecule has 1 aliphatic rings. The van der Waals surface area contributed by atoms with Crippen LogP contribution >= 0.6 is 0 Å². The molecule has 144 valence electrons. The summed E-state index contributed by atoms with van der Waals surface area (Å²) < 4.78 is 6.87. The lowest BCUT2D eigenvalue weighted by Gasteiger charge is -2.28. The van der Waals surface area contributed by atoms with Gasteiger partial charge in [0, 0.05) is 12.7 Å². The summed E-state index contributed by atoms with van der Waals surface area (Å²) in [4.78, 5) is 14.8. The maximum atomic E-state index is 13.1. The SMILES string of the molecule is COc1ccc([C@@H](O)[C@H]2CCCN2C(=O)c2cnn(-c3ccccc3)c2)cc1. The fraction of sp³-hybridized carbons (Fsp3) is 0.273. The monoisotopic (exact) mass is 377 g/mol. The zero-order valence-corrected chi connectivity index (χ0v) is 15.7. The maximum Gasteiger partial charge on any atom is 0.257 e. The second-order valence-electron chi connectivity index (χ2n) is 6.94. The van der Waals surface area contributed by atoms with Gasteiger partial charge in [0.2, 0.25) is 0 Å². The van der Waals surface area contributed by atoms with E-state index in [4.69, 9.17) is 4.74 Å². The van der Waals surface area contributed by atoms with Crippen molar-refractivity contribution in [2.24, 2.45) is 0 Å². The molecule has 1 amide bonds. The molecule has 0 bridgehead atoms. The Balaban J connectivity index is 1.52. The summed E-state index contributed by atoms with van der Waals surface area (Å²) in [5.74, 6) is 0.640. The van der Waals surface area contributed by atoms with Crippen molar-refractivity contribution in [1.82, 2.24) is 14.7 Å². The largest absolute Gasteiger partial charge is 0.497 e. The molecule has 1 N–H and O–H groups in total. The first kappa shape index (κ1) is 18.3. The van der Waals surface area contributed by atoms with E-state index in [0.29, 0.717) is 12.1 Å². The molecule has 1 aliphatic heterocycles. The normalized spacial score (nSPS) is 17.5. The Morgan fingerprint density at radius 2 is 1.93 bits per heavy atom. The van der Waals surface area contributed by atoms with E-state index in [1.54, 1.807) is 29.1 Å². The molecule has 2 aromatic carbocycles. The lowest BCUT2D eigenvalue weighted by Crippen LogP contribution is -2.39. The van der Waals surface area contributed by atoms with Crippen LogP contribution in [0.2, 0.25) is 0 Å². The van der Waals surface area contributed by atoms with Crippen molar-refractivity contribution >= 4 is 5.91 Å². The van der Waals surface area contributed by atoms with E-state index in [0.717, 1.165) is 29.8 Å². The van der Waals surface area contributed by atoms with E-state index in [1.807, 2.05) is 54.6 Å². The van der Waals surface area contributed by atoms with E-state index in [1.165, 1.54) is 0 Å². The summed E-state index contributed by atoms with van der Waals surface area (Å²) in [6.45, 7) is 0.632. The van der Waals surface area contributed by atoms with Crippen molar-refractivity contribution in [3.63, 3.8) is 0 Å². The van der Waals surface area contributed by atoms with Gasteiger partial charge in [-0.1, -0.05) is 30.3 Å². The zero-order chi connectivity index (χ0) is 19.5. The van der Waals surface area contributed by atoms with Gasteiger partial charge in [-0.15, -0.1) is 0 Å². The third kappa shape index (κ3) is 3.51. The molecule has 28 heavy (non-hydrogen) atoms. The number of benzene rings is 2. The van der Waals surface area contributed by atoms with Gasteiger partial charge < -0.3 is 14.7 Å². The highest BCUT2D eigenvalue weighted by Crippen LogP contribution is 2.31. The van der Waals surface area contributed by atoms with Crippen LogP contribution in [0.3, 0.4) is 0 Å². The van der Waals surface area contributed by atoms with Crippen LogP contribution in [-0.4, -0.2) is 45.4 Å². The van der Waals surface area contributed by atoms with Crippen molar-refractivity contribution in [3.8, 4) is 11.4 Å². The maximum absolute atomic E-state index is 13.1. The summed E-state index contributed by atoms with van der Waals surface area (Å²) in [6.07, 6.45) is 4.24. The number of carbonyl (C=O) groups is 1. The van der Waals surface area contributed by atoms with Gasteiger partial charge in [-0.2, -0.15) is 5.10 Å². The highest BCUT2D eigenvalue weighted by atomic mass is 16.5. The highest BCUT2D eigenvalue weighted by molar-refractivity contribution is 5.94. The van der Waals surface area contributed by atoms with E-state index < -0.39 is 6.10 Å². The lowest BCUT2D eigenvalue weighted by molar-refractivity contribution is 0.0486. The van der Waals surface area contributed by atoms with Crippen molar-refractivity contribution < 1.29 is 14.6 Å². The molecule has 1 fully saturated rings. The van der Waals surface area contributed by atoms with E-state index in [-0.39, 0.29) is 11.9 Å². The molecule has 6 nitrogen and oxygen atoms in total. The van der Waals surface area contributed by atoms with Crippen LogP contribution in [0.5, 0.6) is 5.75 Å². The number of aromatic nitrogens is 2. The molecule has 6 heteroatoms. The van der Waals surface area contributed by atoms with Crippen LogP contribution in [0.1, 0.15) is 34.9 Å². The molecular formula is C22H23N3O3. The molecule has 0 unspecified atom stereocenters. The Hall–Kier alpha value is -3.12. The molecule has 0 saturated carbocycles. The minimum absolute atomic E-state index is 0.0998. The Kier molecular flexibility index (Phi) is 5.12. The Labute approximate surface area is 164 Å². The second kappa shape index (κ2) is 7.86. The molecule has 2 heterocycles. The van der Waals surface area contributed by atoms with Gasteiger partial charge in [0.25, 0.3) is 5.91 Å². The fourth-order valence-electron chi connectivity index (χ4n) is 3.72. The number of amides is 1. The van der Waals surface area contributed by atoms with Crippen molar-refractivity contribution in [1.29, 1.82) is 0 Å².